The highest BCUT2D eigenvalue weighted by atomic mass is 15.3. The maximum atomic E-state index is 4.37. The Balaban J connectivity index is 2.20. The number of hydrogen-bond acceptors (Lipinski definition) is 3. The quantitative estimate of drug-likeness (QED) is 0.850. The van der Waals surface area contributed by atoms with Crippen molar-refractivity contribution in [3.05, 3.63) is 41.9 Å². The molecule has 2 aromatic heterocycles. The molecule has 84 valence electrons. The fourth-order valence-electron chi connectivity index (χ4n) is 1.62. The first-order valence-electron chi connectivity index (χ1n) is 5.47. The predicted octanol–water partition coefficient (Wildman–Crippen LogP) is 2.07. The van der Waals surface area contributed by atoms with Gasteiger partial charge in [-0.15, -0.1) is 0 Å². The van der Waals surface area contributed by atoms with Gasteiger partial charge in [0.25, 0.3) is 0 Å². The van der Waals surface area contributed by atoms with Crippen molar-refractivity contribution in [3.8, 4) is 0 Å². The van der Waals surface area contributed by atoms with E-state index in [2.05, 4.69) is 28.4 Å². The average molecular weight is 216 g/mol. The van der Waals surface area contributed by atoms with Crippen LogP contribution in [-0.2, 0) is 6.54 Å². The summed E-state index contributed by atoms with van der Waals surface area (Å²) in [5.41, 5.74) is 2.20. The minimum absolute atomic E-state index is 0.754. The lowest BCUT2D eigenvalue weighted by Gasteiger charge is -2.09. The SMILES string of the molecule is CCNc1ncccc1Cn1ccc(C)n1. The van der Waals surface area contributed by atoms with Crippen LogP contribution in [0.5, 0.6) is 0 Å². The highest BCUT2D eigenvalue weighted by Gasteiger charge is 2.03. The van der Waals surface area contributed by atoms with Crippen molar-refractivity contribution in [3.63, 3.8) is 0 Å². The zero-order valence-electron chi connectivity index (χ0n) is 9.64. The molecule has 0 atom stereocenters. The topological polar surface area (TPSA) is 42.7 Å². The molecule has 16 heavy (non-hydrogen) atoms. The lowest BCUT2D eigenvalue weighted by atomic mass is 10.2. The number of rotatable bonds is 4. The summed E-state index contributed by atoms with van der Waals surface area (Å²) in [5, 5.41) is 7.62. The fraction of sp³-hybridized carbons (Fsp3) is 0.333. The molecule has 0 unspecified atom stereocenters. The van der Waals surface area contributed by atoms with Crippen molar-refractivity contribution in [1.82, 2.24) is 14.8 Å². The molecule has 2 rings (SSSR count). The largest absolute Gasteiger partial charge is 0.370 e. The van der Waals surface area contributed by atoms with E-state index in [1.54, 1.807) is 6.20 Å². The summed E-state index contributed by atoms with van der Waals surface area (Å²) in [6, 6.07) is 6.03. The van der Waals surface area contributed by atoms with Crippen LogP contribution >= 0.6 is 0 Å². The molecular formula is C12H16N4. The van der Waals surface area contributed by atoms with Gasteiger partial charge in [-0.25, -0.2) is 4.98 Å². The van der Waals surface area contributed by atoms with Gasteiger partial charge in [-0.3, -0.25) is 4.68 Å². The van der Waals surface area contributed by atoms with E-state index >= 15 is 0 Å². The Kier molecular flexibility index (Phi) is 3.19. The van der Waals surface area contributed by atoms with Crippen molar-refractivity contribution >= 4 is 5.82 Å². The van der Waals surface area contributed by atoms with Gasteiger partial charge in [-0.2, -0.15) is 5.10 Å². The van der Waals surface area contributed by atoms with Gasteiger partial charge in [-0.1, -0.05) is 6.07 Å². The predicted molar refractivity (Wildman–Crippen MR) is 64.5 cm³/mol. The summed E-state index contributed by atoms with van der Waals surface area (Å²) in [7, 11) is 0. The zero-order chi connectivity index (χ0) is 11.4. The Labute approximate surface area is 95.3 Å². The third-order valence-electron chi connectivity index (χ3n) is 2.34. The van der Waals surface area contributed by atoms with E-state index in [1.807, 2.05) is 29.9 Å². The first-order valence-corrected chi connectivity index (χ1v) is 5.47. The molecule has 0 spiro atoms. The van der Waals surface area contributed by atoms with Crippen molar-refractivity contribution in [2.24, 2.45) is 0 Å². The summed E-state index contributed by atoms with van der Waals surface area (Å²) in [4.78, 5) is 4.32. The van der Waals surface area contributed by atoms with E-state index in [4.69, 9.17) is 0 Å². The van der Waals surface area contributed by atoms with Gasteiger partial charge in [0.05, 0.1) is 12.2 Å². The van der Waals surface area contributed by atoms with Crippen molar-refractivity contribution < 1.29 is 0 Å². The van der Waals surface area contributed by atoms with Gasteiger partial charge in [0, 0.05) is 24.5 Å². The molecule has 2 aromatic rings. The molecule has 0 aromatic carbocycles. The van der Waals surface area contributed by atoms with E-state index in [0.717, 1.165) is 30.2 Å². The molecule has 0 aliphatic carbocycles. The molecule has 0 saturated heterocycles. The standard InChI is InChI=1S/C12H16N4/c1-3-13-12-11(5-4-7-14-12)9-16-8-6-10(2)15-16/h4-8H,3,9H2,1-2H3,(H,13,14). The number of pyridine rings is 1. The van der Waals surface area contributed by atoms with Crippen molar-refractivity contribution in [2.75, 3.05) is 11.9 Å². The van der Waals surface area contributed by atoms with Crippen molar-refractivity contribution in [1.29, 1.82) is 0 Å². The van der Waals surface area contributed by atoms with Crippen LogP contribution in [0.25, 0.3) is 0 Å². The van der Waals surface area contributed by atoms with Gasteiger partial charge in [0.1, 0.15) is 5.82 Å². The van der Waals surface area contributed by atoms with Crippen LogP contribution < -0.4 is 5.32 Å². The molecular weight excluding hydrogens is 200 g/mol. The summed E-state index contributed by atoms with van der Waals surface area (Å²) >= 11 is 0. The molecule has 0 aliphatic rings. The molecule has 4 nitrogen and oxygen atoms in total. The highest BCUT2D eigenvalue weighted by Crippen LogP contribution is 2.12. The second-order valence-electron chi connectivity index (χ2n) is 3.70. The Morgan fingerprint density at radius 2 is 2.25 bits per heavy atom. The summed E-state index contributed by atoms with van der Waals surface area (Å²) < 4.78 is 1.92. The Hall–Kier alpha value is -1.84. The fourth-order valence-corrected chi connectivity index (χ4v) is 1.62. The molecule has 0 saturated carbocycles. The third kappa shape index (κ3) is 2.39. The highest BCUT2D eigenvalue weighted by molar-refractivity contribution is 5.43. The maximum Gasteiger partial charge on any atom is 0.130 e. The lowest BCUT2D eigenvalue weighted by molar-refractivity contribution is 0.678. The normalized spacial score (nSPS) is 10.4. The molecule has 0 radical (unpaired) electrons. The molecule has 0 amide bonds. The molecule has 2 heterocycles. The van der Waals surface area contributed by atoms with Crippen molar-refractivity contribution in [2.45, 2.75) is 20.4 Å². The van der Waals surface area contributed by atoms with Crippen LogP contribution in [0.4, 0.5) is 5.82 Å². The van der Waals surface area contributed by atoms with Gasteiger partial charge in [0.15, 0.2) is 0 Å². The maximum absolute atomic E-state index is 4.37. The monoisotopic (exact) mass is 216 g/mol. The molecule has 4 heteroatoms. The second-order valence-corrected chi connectivity index (χ2v) is 3.70. The molecule has 0 fully saturated rings. The van der Waals surface area contributed by atoms with Gasteiger partial charge in [-0.05, 0) is 26.0 Å². The number of anilines is 1. The first-order chi connectivity index (χ1) is 7.79. The lowest BCUT2D eigenvalue weighted by Crippen LogP contribution is -2.07. The van der Waals surface area contributed by atoms with Crippen LogP contribution in [0.15, 0.2) is 30.6 Å². The smallest absolute Gasteiger partial charge is 0.130 e. The summed E-state index contributed by atoms with van der Waals surface area (Å²) in [6.07, 6.45) is 3.79. The van der Waals surface area contributed by atoms with Gasteiger partial charge >= 0.3 is 0 Å². The molecule has 0 aliphatic heterocycles. The Morgan fingerprint density at radius 3 is 2.94 bits per heavy atom. The minimum Gasteiger partial charge on any atom is -0.370 e. The number of nitrogens with one attached hydrogen (secondary N) is 1. The Morgan fingerprint density at radius 1 is 1.38 bits per heavy atom. The number of aromatic nitrogens is 3. The van der Waals surface area contributed by atoms with E-state index in [1.165, 1.54) is 0 Å². The summed E-state index contributed by atoms with van der Waals surface area (Å²) in [6.45, 7) is 5.69. The molecule has 0 bridgehead atoms. The van der Waals surface area contributed by atoms with E-state index in [-0.39, 0.29) is 0 Å². The van der Waals surface area contributed by atoms with Gasteiger partial charge < -0.3 is 5.32 Å². The van der Waals surface area contributed by atoms with Crippen LogP contribution in [0.2, 0.25) is 0 Å². The zero-order valence-corrected chi connectivity index (χ0v) is 9.64. The van der Waals surface area contributed by atoms with Crippen LogP contribution in [-0.4, -0.2) is 21.3 Å². The first kappa shape index (κ1) is 10.7. The minimum atomic E-state index is 0.754. The van der Waals surface area contributed by atoms with E-state index < -0.39 is 0 Å². The molecule has 1 N–H and O–H groups in total. The van der Waals surface area contributed by atoms with Crippen LogP contribution in [0.3, 0.4) is 0 Å². The van der Waals surface area contributed by atoms with Crippen LogP contribution in [0.1, 0.15) is 18.2 Å². The number of hydrogen-bond donors (Lipinski definition) is 1. The van der Waals surface area contributed by atoms with Gasteiger partial charge in [0.2, 0.25) is 0 Å². The summed E-state index contributed by atoms with van der Waals surface area (Å²) in [5.74, 6) is 0.943. The van der Waals surface area contributed by atoms with E-state index in [0.29, 0.717) is 0 Å². The number of aryl methyl sites for hydroxylation is 1. The van der Waals surface area contributed by atoms with E-state index in [9.17, 15) is 0 Å². The Bertz CT molecular complexity index is 462. The number of nitrogens with zero attached hydrogens (tertiary/aromatic N) is 3. The average Bonchev–Trinajstić information content (AvgIpc) is 2.67. The third-order valence-corrected chi connectivity index (χ3v) is 2.34. The second kappa shape index (κ2) is 4.79. The van der Waals surface area contributed by atoms with Crippen LogP contribution in [0, 0.1) is 6.92 Å².